The fourth-order valence-corrected chi connectivity index (χ4v) is 2.05. The molecule has 2 aromatic rings. The standard InChI is InChI=1S/C11H9N3O3S/c12-8-3-1-2-4-9(8)13-11(15)7-5-10(14(16)17)18-6-7/h1-6H,12H2,(H,13,15). The summed E-state index contributed by atoms with van der Waals surface area (Å²) in [6, 6.07) is 8.04. The number of nitrogens with two attached hydrogens (primary N) is 1. The maximum absolute atomic E-state index is 11.8. The molecule has 92 valence electrons. The zero-order chi connectivity index (χ0) is 13.1. The van der Waals surface area contributed by atoms with Gasteiger partial charge < -0.3 is 11.1 Å². The van der Waals surface area contributed by atoms with E-state index in [1.807, 2.05) is 0 Å². The average Bonchev–Trinajstić information content (AvgIpc) is 2.81. The first kappa shape index (κ1) is 12.1. The second-order valence-electron chi connectivity index (χ2n) is 3.47. The SMILES string of the molecule is Nc1ccccc1NC(=O)c1csc([N+](=O)[O-])c1. The van der Waals surface area contributed by atoms with Gasteiger partial charge in [0, 0.05) is 11.4 Å². The molecule has 0 unspecified atom stereocenters. The Labute approximate surface area is 106 Å². The first-order valence-electron chi connectivity index (χ1n) is 4.96. The lowest BCUT2D eigenvalue weighted by Gasteiger charge is -2.05. The smallest absolute Gasteiger partial charge is 0.324 e. The Kier molecular flexibility index (Phi) is 3.24. The van der Waals surface area contributed by atoms with E-state index >= 15 is 0 Å². The summed E-state index contributed by atoms with van der Waals surface area (Å²) in [6.07, 6.45) is 0. The minimum atomic E-state index is -0.529. The van der Waals surface area contributed by atoms with Gasteiger partial charge in [-0.3, -0.25) is 14.9 Å². The van der Waals surface area contributed by atoms with Gasteiger partial charge in [0.1, 0.15) is 0 Å². The molecule has 0 saturated carbocycles. The highest BCUT2D eigenvalue weighted by Gasteiger charge is 2.15. The molecule has 0 atom stereocenters. The normalized spacial score (nSPS) is 10.0. The number of nitrogens with one attached hydrogen (secondary N) is 1. The maximum atomic E-state index is 11.8. The van der Waals surface area contributed by atoms with Crippen LogP contribution in [0.1, 0.15) is 10.4 Å². The van der Waals surface area contributed by atoms with Crippen molar-refractivity contribution < 1.29 is 9.72 Å². The topological polar surface area (TPSA) is 98.3 Å². The van der Waals surface area contributed by atoms with Crippen LogP contribution in [0.15, 0.2) is 35.7 Å². The van der Waals surface area contributed by atoms with Gasteiger partial charge in [-0.25, -0.2) is 0 Å². The van der Waals surface area contributed by atoms with Gasteiger partial charge in [-0.15, -0.1) is 0 Å². The lowest BCUT2D eigenvalue weighted by molar-refractivity contribution is -0.380. The summed E-state index contributed by atoms with van der Waals surface area (Å²) < 4.78 is 0. The number of carbonyl (C=O) groups is 1. The van der Waals surface area contributed by atoms with Crippen molar-refractivity contribution in [2.45, 2.75) is 0 Å². The Balaban J connectivity index is 2.17. The molecule has 6 nitrogen and oxygen atoms in total. The van der Waals surface area contributed by atoms with E-state index < -0.39 is 10.8 Å². The predicted octanol–water partition coefficient (Wildman–Crippen LogP) is 2.49. The Hall–Kier alpha value is -2.41. The largest absolute Gasteiger partial charge is 0.397 e. The number of amides is 1. The minimum absolute atomic E-state index is 0.0683. The van der Waals surface area contributed by atoms with Crippen LogP contribution in [0.2, 0.25) is 0 Å². The summed E-state index contributed by atoms with van der Waals surface area (Å²) in [5, 5.41) is 14.5. The molecule has 0 fully saturated rings. The van der Waals surface area contributed by atoms with Crippen LogP contribution < -0.4 is 11.1 Å². The zero-order valence-corrected chi connectivity index (χ0v) is 9.94. The molecule has 1 aromatic carbocycles. The lowest BCUT2D eigenvalue weighted by Crippen LogP contribution is -2.12. The first-order valence-corrected chi connectivity index (χ1v) is 5.84. The summed E-state index contributed by atoms with van der Waals surface area (Å²) in [7, 11) is 0. The third-order valence-electron chi connectivity index (χ3n) is 2.24. The van der Waals surface area contributed by atoms with Gasteiger partial charge in [0.25, 0.3) is 5.91 Å². The van der Waals surface area contributed by atoms with E-state index in [9.17, 15) is 14.9 Å². The van der Waals surface area contributed by atoms with Gasteiger partial charge >= 0.3 is 5.00 Å². The minimum Gasteiger partial charge on any atom is -0.397 e. The molecule has 0 aliphatic rings. The van der Waals surface area contributed by atoms with E-state index in [-0.39, 0.29) is 10.6 Å². The van der Waals surface area contributed by atoms with Crippen LogP contribution in [0, 0.1) is 10.1 Å². The molecular weight excluding hydrogens is 254 g/mol. The monoisotopic (exact) mass is 263 g/mol. The Bertz CT molecular complexity index is 609. The molecule has 0 aliphatic carbocycles. The molecule has 0 aliphatic heterocycles. The lowest BCUT2D eigenvalue weighted by atomic mass is 10.2. The molecule has 0 spiro atoms. The van der Waals surface area contributed by atoms with Crippen molar-refractivity contribution >= 4 is 33.6 Å². The molecule has 1 heterocycles. The number of nitrogens with zero attached hydrogens (tertiary/aromatic N) is 1. The molecular formula is C11H9N3O3S. The number of hydrogen-bond acceptors (Lipinski definition) is 5. The van der Waals surface area contributed by atoms with Gasteiger partial charge in [-0.2, -0.15) is 0 Å². The fraction of sp³-hybridized carbons (Fsp3) is 0. The zero-order valence-electron chi connectivity index (χ0n) is 9.12. The van der Waals surface area contributed by atoms with Gasteiger partial charge in [0.2, 0.25) is 0 Å². The van der Waals surface area contributed by atoms with E-state index in [4.69, 9.17) is 5.73 Å². The summed E-state index contributed by atoms with van der Waals surface area (Å²) in [5.74, 6) is -0.419. The molecule has 0 bridgehead atoms. The number of nitro groups is 1. The molecule has 18 heavy (non-hydrogen) atoms. The van der Waals surface area contributed by atoms with Crippen molar-refractivity contribution in [3.63, 3.8) is 0 Å². The van der Waals surface area contributed by atoms with Crippen molar-refractivity contribution in [2.75, 3.05) is 11.1 Å². The van der Waals surface area contributed by atoms with Gasteiger partial charge in [0.05, 0.1) is 21.9 Å². The van der Waals surface area contributed by atoms with Crippen molar-refractivity contribution in [3.8, 4) is 0 Å². The van der Waals surface area contributed by atoms with Gasteiger partial charge in [-0.05, 0) is 12.1 Å². The summed E-state index contributed by atoms with van der Waals surface area (Å²) in [5.41, 5.74) is 6.85. The third-order valence-corrected chi connectivity index (χ3v) is 3.12. The first-order chi connectivity index (χ1) is 8.58. The number of para-hydroxylation sites is 2. The number of thiophene rings is 1. The fourth-order valence-electron chi connectivity index (χ4n) is 1.35. The van der Waals surface area contributed by atoms with Gasteiger partial charge in [-0.1, -0.05) is 23.5 Å². The van der Waals surface area contributed by atoms with Crippen LogP contribution in [0.25, 0.3) is 0 Å². The molecule has 2 rings (SSSR count). The quantitative estimate of drug-likeness (QED) is 0.505. The van der Waals surface area contributed by atoms with E-state index in [1.54, 1.807) is 24.3 Å². The van der Waals surface area contributed by atoms with Crippen molar-refractivity contribution in [2.24, 2.45) is 0 Å². The highest BCUT2D eigenvalue weighted by Crippen LogP contribution is 2.24. The summed E-state index contributed by atoms with van der Waals surface area (Å²) in [6.45, 7) is 0. The molecule has 1 aromatic heterocycles. The van der Waals surface area contributed by atoms with E-state index in [2.05, 4.69) is 5.32 Å². The molecule has 0 radical (unpaired) electrons. The summed E-state index contributed by atoms with van der Waals surface area (Å²) >= 11 is 0.910. The van der Waals surface area contributed by atoms with Crippen LogP contribution in [0.3, 0.4) is 0 Å². The van der Waals surface area contributed by atoms with Crippen molar-refractivity contribution in [1.82, 2.24) is 0 Å². The van der Waals surface area contributed by atoms with Crippen LogP contribution in [-0.4, -0.2) is 10.8 Å². The van der Waals surface area contributed by atoms with Crippen LogP contribution in [0.5, 0.6) is 0 Å². The maximum Gasteiger partial charge on any atom is 0.324 e. The Morgan fingerprint density at radius 3 is 2.72 bits per heavy atom. The van der Waals surface area contributed by atoms with Crippen molar-refractivity contribution in [3.05, 3.63) is 51.4 Å². The Morgan fingerprint density at radius 1 is 1.39 bits per heavy atom. The number of rotatable bonds is 3. The molecule has 1 amide bonds. The number of benzene rings is 1. The van der Waals surface area contributed by atoms with E-state index in [0.29, 0.717) is 11.4 Å². The number of anilines is 2. The second kappa shape index (κ2) is 4.84. The molecule has 3 N–H and O–H groups in total. The van der Waals surface area contributed by atoms with E-state index in [1.165, 1.54) is 11.4 Å². The molecule has 0 saturated heterocycles. The van der Waals surface area contributed by atoms with Gasteiger partial charge in [0.15, 0.2) is 0 Å². The van der Waals surface area contributed by atoms with E-state index in [0.717, 1.165) is 11.3 Å². The van der Waals surface area contributed by atoms with Crippen LogP contribution >= 0.6 is 11.3 Å². The van der Waals surface area contributed by atoms with Crippen molar-refractivity contribution in [1.29, 1.82) is 0 Å². The Morgan fingerprint density at radius 2 is 2.11 bits per heavy atom. The second-order valence-corrected chi connectivity index (χ2v) is 4.36. The predicted molar refractivity (Wildman–Crippen MR) is 69.8 cm³/mol. The highest BCUT2D eigenvalue weighted by atomic mass is 32.1. The third kappa shape index (κ3) is 2.46. The summed E-state index contributed by atoms with van der Waals surface area (Å²) in [4.78, 5) is 21.8. The van der Waals surface area contributed by atoms with Crippen LogP contribution in [0.4, 0.5) is 16.4 Å². The number of carbonyl (C=O) groups excluding carboxylic acids is 1. The average molecular weight is 263 g/mol. The number of nitrogen functional groups attached to an aromatic ring is 1. The van der Waals surface area contributed by atoms with Crippen LogP contribution in [-0.2, 0) is 0 Å². The molecule has 7 heteroatoms. The number of hydrogen-bond donors (Lipinski definition) is 2. The highest BCUT2D eigenvalue weighted by molar-refractivity contribution is 7.13.